The van der Waals surface area contributed by atoms with Crippen molar-refractivity contribution in [3.05, 3.63) is 22.4 Å². The number of hydrogen-bond donors (Lipinski definition) is 0. The zero-order valence-electron chi connectivity index (χ0n) is 8.81. The third-order valence-corrected chi connectivity index (χ3v) is 3.37. The number of nitrogens with zero attached hydrogens (tertiary/aromatic N) is 1. The number of carbonyl (C=O) groups is 1. The van der Waals surface area contributed by atoms with E-state index in [-0.39, 0.29) is 5.91 Å². The van der Waals surface area contributed by atoms with Crippen molar-refractivity contribution in [2.24, 2.45) is 0 Å². The summed E-state index contributed by atoms with van der Waals surface area (Å²) in [5.41, 5.74) is 0. The highest BCUT2D eigenvalue weighted by atomic mass is 32.1. The van der Waals surface area contributed by atoms with Crippen LogP contribution in [-0.4, -0.2) is 37.1 Å². The summed E-state index contributed by atoms with van der Waals surface area (Å²) in [6.45, 7) is 1.32. The van der Waals surface area contributed by atoms with E-state index in [0.717, 1.165) is 17.7 Å². The Morgan fingerprint density at radius 1 is 1.67 bits per heavy atom. The predicted molar refractivity (Wildman–Crippen MR) is 60.3 cm³/mol. The van der Waals surface area contributed by atoms with Crippen LogP contribution in [0.15, 0.2) is 17.5 Å². The van der Waals surface area contributed by atoms with E-state index >= 15 is 0 Å². The minimum atomic E-state index is 0.157. The lowest BCUT2D eigenvalue weighted by Crippen LogP contribution is -2.35. The SMILES string of the molecule is COCCN(C(=O)c1cccs1)C1CC1. The Hall–Kier alpha value is -0.870. The van der Waals surface area contributed by atoms with Gasteiger partial charge in [-0.25, -0.2) is 0 Å². The molecule has 1 fully saturated rings. The molecule has 0 N–H and O–H groups in total. The molecule has 1 heterocycles. The lowest BCUT2D eigenvalue weighted by molar-refractivity contribution is 0.0685. The highest BCUT2D eigenvalue weighted by Gasteiger charge is 2.32. The van der Waals surface area contributed by atoms with Gasteiger partial charge in [0.05, 0.1) is 11.5 Å². The number of ether oxygens (including phenoxy) is 1. The maximum atomic E-state index is 12.1. The van der Waals surface area contributed by atoms with Gasteiger partial charge in [0.2, 0.25) is 0 Å². The van der Waals surface area contributed by atoms with E-state index in [1.807, 2.05) is 22.4 Å². The van der Waals surface area contributed by atoms with Crippen LogP contribution in [0.25, 0.3) is 0 Å². The lowest BCUT2D eigenvalue weighted by Gasteiger charge is -2.21. The Morgan fingerprint density at radius 3 is 3.00 bits per heavy atom. The molecule has 3 nitrogen and oxygen atoms in total. The van der Waals surface area contributed by atoms with Crippen molar-refractivity contribution in [3.8, 4) is 0 Å². The van der Waals surface area contributed by atoms with Crippen LogP contribution in [0.1, 0.15) is 22.5 Å². The molecular formula is C11H15NO2S. The first-order valence-corrected chi connectivity index (χ1v) is 6.04. The highest BCUT2D eigenvalue weighted by Crippen LogP contribution is 2.28. The Balaban J connectivity index is 2.01. The molecule has 0 unspecified atom stereocenters. The average molecular weight is 225 g/mol. The molecule has 0 radical (unpaired) electrons. The van der Waals surface area contributed by atoms with E-state index in [9.17, 15) is 4.79 Å². The molecule has 1 aliphatic rings. The van der Waals surface area contributed by atoms with Gasteiger partial charge in [0.25, 0.3) is 5.91 Å². The Kier molecular flexibility index (Phi) is 3.38. The molecule has 82 valence electrons. The highest BCUT2D eigenvalue weighted by molar-refractivity contribution is 7.12. The fraction of sp³-hybridized carbons (Fsp3) is 0.545. The molecule has 1 aromatic heterocycles. The summed E-state index contributed by atoms with van der Waals surface area (Å²) in [6.07, 6.45) is 2.28. The second-order valence-electron chi connectivity index (χ2n) is 3.70. The Morgan fingerprint density at radius 2 is 2.47 bits per heavy atom. The summed E-state index contributed by atoms with van der Waals surface area (Å²) in [5.74, 6) is 0.157. The molecule has 1 saturated carbocycles. The summed E-state index contributed by atoms with van der Waals surface area (Å²) in [6, 6.07) is 4.25. The molecular weight excluding hydrogens is 210 g/mol. The predicted octanol–water partition coefficient (Wildman–Crippen LogP) is 2.00. The van der Waals surface area contributed by atoms with Gasteiger partial charge in [-0.2, -0.15) is 0 Å². The maximum Gasteiger partial charge on any atom is 0.264 e. The first kappa shape index (κ1) is 10.6. The van der Waals surface area contributed by atoms with Crippen molar-refractivity contribution in [2.75, 3.05) is 20.3 Å². The van der Waals surface area contributed by atoms with Crippen molar-refractivity contribution < 1.29 is 9.53 Å². The molecule has 15 heavy (non-hydrogen) atoms. The zero-order chi connectivity index (χ0) is 10.7. The number of methoxy groups -OCH3 is 1. The van der Waals surface area contributed by atoms with Crippen LogP contribution in [0.2, 0.25) is 0 Å². The fourth-order valence-corrected chi connectivity index (χ4v) is 2.25. The molecule has 4 heteroatoms. The largest absolute Gasteiger partial charge is 0.383 e. The summed E-state index contributed by atoms with van der Waals surface area (Å²) >= 11 is 1.51. The molecule has 0 bridgehead atoms. The van der Waals surface area contributed by atoms with Crippen molar-refractivity contribution in [1.82, 2.24) is 4.90 Å². The maximum absolute atomic E-state index is 12.1. The minimum Gasteiger partial charge on any atom is -0.383 e. The second-order valence-corrected chi connectivity index (χ2v) is 4.65. The van der Waals surface area contributed by atoms with Crippen LogP contribution < -0.4 is 0 Å². The molecule has 0 aliphatic heterocycles. The molecule has 0 spiro atoms. The number of carbonyl (C=O) groups excluding carboxylic acids is 1. The van der Waals surface area contributed by atoms with E-state index in [1.165, 1.54) is 11.3 Å². The molecule has 1 aliphatic carbocycles. The Labute approximate surface area is 93.7 Å². The van der Waals surface area contributed by atoms with Gasteiger partial charge in [0.1, 0.15) is 0 Å². The van der Waals surface area contributed by atoms with Crippen LogP contribution in [-0.2, 0) is 4.74 Å². The first-order chi connectivity index (χ1) is 7.33. The smallest absolute Gasteiger partial charge is 0.264 e. The van der Waals surface area contributed by atoms with Crippen molar-refractivity contribution in [1.29, 1.82) is 0 Å². The monoisotopic (exact) mass is 225 g/mol. The number of thiophene rings is 1. The normalized spacial score (nSPS) is 15.3. The second kappa shape index (κ2) is 4.77. The van der Waals surface area contributed by atoms with E-state index in [4.69, 9.17) is 4.74 Å². The molecule has 2 rings (SSSR count). The number of hydrogen-bond acceptors (Lipinski definition) is 3. The van der Waals surface area contributed by atoms with Crippen LogP contribution in [0.5, 0.6) is 0 Å². The van der Waals surface area contributed by atoms with Gasteiger partial charge in [-0.1, -0.05) is 6.07 Å². The van der Waals surface area contributed by atoms with Crippen LogP contribution in [0.3, 0.4) is 0 Å². The summed E-state index contributed by atoms with van der Waals surface area (Å²) < 4.78 is 5.03. The van der Waals surface area contributed by atoms with Gasteiger partial charge in [0.15, 0.2) is 0 Å². The van der Waals surface area contributed by atoms with Crippen LogP contribution >= 0.6 is 11.3 Å². The van der Waals surface area contributed by atoms with E-state index in [2.05, 4.69) is 0 Å². The quantitative estimate of drug-likeness (QED) is 0.767. The summed E-state index contributed by atoms with van der Waals surface area (Å²) in [5, 5.41) is 1.94. The van der Waals surface area contributed by atoms with Gasteiger partial charge in [0, 0.05) is 19.7 Å². The van der Waals surface area contributed by atoms with Crippen LogP contribution in [0.4, 0.5) is 0 Å². The minimum absolute atomic E-state index is 0.157. The van der Waals surface area contributed by atoms with Crippen LogP contribution in [0, 0.1) is 0 Å². The van der Waals surface area contributed by atoms with E-state index < -0.39 is 0 Å². The fourth-order valence-electron chi connectivity index (χ4n) is 1.57. The first-order valence-electron chi connectivity index (χ1n) is 5.16. The Bertz CT molecular complexity index is 319. The molecule has 0 saturated heterocycles. The third-order valence-electron chi connectivity index (χ3n) is 2.52. The van der Waals surface area contributed by atoms with Gasteiger partial charge < -0.3 is 9.64 Å². The van der Waals surface area contributed by atoms with Crippen molar-refractivity contribution in [2.45, 2.75) is 18.9 Å². The van der Waals surface area contributed by atoms with Gasteiger partial charge in [-0.15, -0.1) is 11.3 Å². The summed E-state index contributed by atoms with van der Waals surface area (Å²) in [4.78, 5) is 14.8. The topological polar surface area (TPSA) is 29.5 Å². The molecule has 0 atom stereocenters. The average Bonchev–Trinajstić information content (AvgIpc) is 2.94. The summed E-state index contributed by atoms with van der Waals surface area (Å²) in [7, 11) is 1.67. The molecule has 1 amide bonds. The number of amides is 1. The standard InChI is InChI=1S/C11H15NO2S/c1-14-7-6-12(9-4-5-9)11(13)10-3-2-8-15-10/h2-3,8-9H,4-7H2,1H3. The van der Waals surface area contributed by atoms with Gasteiger partial charge in [-0.3, -0.25) is 4.79 Å². The van der Waals surface area contributed by atoms with Crippen molar-refractivity contribution in [3.63, 3.8) is 0 Å². The van der Waals surface area contributed by atoms with E-state index in [0.29, 0.717) is 19.2 Å². The molecule has 0 aromatic carbocycles. The van der Waals surface area contributed by atoms with Crippen molar-refractivity contribution >= 4 is 17.2 Å². The number of rotatable bonds is 5. The zero-order valence-corrected chi connectivity index (χ0v) is 9.63. The van der Waals surface area contributed by atoms with Gasteiger partial charge >= 0.3 is 0 Å². The lowest BCUT2D eigenvalue weighted by atomic mass is 10.3. The van der Waals surface area contributed by atoms with Gasteiger partial charge in [-0.05, 0) is 24.3 Å². The molecule has 1 aromatic rings. The van der Waals surface area contributed by atoms with E-state index in [1.54, 1.807) is 7.11 Å². The third kappa shape index (κ3) is 2.58.